The van der Waals surface area contributed by atoms with Crippen LogP contribution in [0.25, 0.3) is 0 Å². The number of sulfonamides is 1. The zero-order chi connectivity index (χ0) is 17.8. The molecule has 1 aromatic carbocycles. The molecule has 23 heavy (non-hydrogen) atoms. The Kier molecular flexibility index (Phi) is 5.87. The molecule has 130 valence electrons. The molecule has 7 nitrogen and oxygen atoms in total. The third-order valence-electron chi connectivity index (χ3n) is 2.75. The molecule has 0 aliphatic heterocycles. The largest absolute Gasteiger partial charge is 0.495 e. The van der Waals surface area contributed by atoms with E-state index in [9.17, 15) is 13.2 Å². The van der Waals surface area contributed by atoms with Crippen molar-refractivity contribution in [2.24, 2.45) is 0 Å². The molecule has 1 unspecified atom stereocenters. The number of carbonyl (C=O) groups excluding carboxylic acids is 1. The quantitative estimate of drug-likeness (QED) is 0.856. The molecule has 0 aliphatic rings. The summed E-state index contributed by atoms with van der Waals surface area (Å²) in [5.74, 6) is 0.366. The van der Waals surface area contributed by atoms with Gasteiger partial charge in [-0.25, -0.2) is 13.2 Å². The molecule has 0 heterocycles. The second kappa shape index (κ2) is 7.08. The first-order valence-electron chi connectivity index (χ1n) is 7.06. The first kappa shape index (κ1) is 19.1. The molecule has 0 saturated carbocycles. The monoisotopic (exact) mass is 344 g/mol. The van der Waals surface area contributed by atoms with E-state index in [4.69, 9.17) is 9.47 Å². The zero-order valence-electron chi connectivity index (χ0n) is 14.3. The summed E-state index contributed by atoms with van der Waals surface area (Å²) < 4.78 is 35.4. The van der Waals surface area contributed by atoms with Gasteiger partial charge in [0.1, 0.15) is 11.4 Å². The van der Waals surface area contributed by atoms with Crippen LogP contribution < -0.4 is 14.8 Å². The van der Waals surface area contributed by atoms with E-state index in [0.29, 0.717) is 11.4 Å². The van der Waals surface area contributed by atoms with Crippen molar-refractivity contribution >= 4 is 21.8 Å². The van der Waals surface area contributed by atoms with E-state index in [2.05, 4.69) is 10.0 Å². The number of nitrogens with one attached hydrogen (secondary N) is 2. The molecule has 8 heteroatoms. The lowest BCUT2D eigenvalue weighted by molar-refractivity contribution is 0.0508. The van der Waals surface area contributed by atoms with Gasteiger partial charge in [0.15, 0.2) is 0 Å². The molecule has 1 rings (SSSR count). The minimum Gasteiger partial charge on any atom is -0.495 e. The van der Waals surface area contributed by atoms with Crippen LogP contribution in [0.1, 0.15) is 39.3 Å². The summed E-state index contributed by atoms with van der Waals surface area (Å²) in [5, 5.41) is 2.72. The van der Waals surface area contributed by atoms with E-state index in [0.717, 1.165) is 11.8 Å². The predicted molar refractivity (Wildman–Crippen MR) is 89.2 cm³/mol. The fraction of sp³-hybridized carbons (Fsp3) is 0.533. The molecule has 0 fully saturated rings. The van der Waals surface area contributed by atoms with E-state index in [1.54, 1.807) is 45.9 Å². The highest BCUT2D eigenvalue weighted by Gasteiger charge is 2.19. The summed E-state index contributed by atoms with van der Waals surface area (Å²) in [6.07, 6.45) is 0.537. The molecule has 1 amide bonds. The highest BCUT2D eigenvalue weighted by molar-refractivity contribution is 7.92. The lowest BCUT2D eigenvalue weighted by Crippen LogP contribution is -2.34. The Balaban J connectivity index is 2.90. The number of rotatable bonds is 5. The SMILES string of the molecule is COc1cc(C(C)NC(=O)OC(C)(C)C)ccc1NS(C)(=O)=O. The third-order valence-corrected chi connectivity index (χ3v) is 3.34. The van der Waals surface area contributed by atoms with Crippen molar-refractivity contribution in [3.05, 3.63) is 23.8 Å². The van der Waals surface area contributed by atoms with Crippen LogP contribution in [-0.2, 0) is 14.8 Å². The van der Waals surface area contributed by atoms with Crippen LogP contribution in [0.4, 0.5) is 10.5 Å². The zero-order valence-corrected chi connectivity index (χ0v) is 15.1. The second-order valence-corrected chi connectivity index (χ2v) is 7.95. The van der Waals surface area contributed by atoms with Crippen molar-refractivity contribution in [3.8, 4) is 5.75 Å². The maximum Gasteiger partial charge on any atom is 0.408 e. The Bertz CT molecular complexity index is 665. The Hall–Kier alpha value is -1.96. The van der Waals surface area contributed by atoms with Gasteiger partial charge in [0.2, 0.25) is 10.0 Å². The van der Waals surface area contributed by atoms with Gasteiger partial charge in [0.05, 0.1) is 25.1 Å². The van der Waals surface area contributed by atoms with Crippen molar-refractivity contribution < 1.29 is 22.7 Å². The molecule has 2 N–H and O–H groups in total. The van der Waals surface area contributed by atoms with Gasteiger partial charge in [0, 0.05) is 0 Å². The highest BCUT2D eigenvalue weighted by Crippen LogP contribution is 2.29. The van der Waals surface area contributed by atoms with E-state index < -0.39 is 21.7 Å². The van der Waals surface area contributed by atoms with Gasteiger partial charge >= 0.3 is 6.09 Å². The van der Waals surface area contributed by atoms with E-state index in [1.807, 2.05) is 0 Å². The normalized spacial score (nSPS) is 13.1. The van der Waals surface area contributed by atoms with E-state index in [-0.39, 0.29) is 6.04 Å². The van der Waals surface area contributed by atoms with Crippen LogP contribution >= 0.6 is 0 Å². The van der Waals surface area contributed by atoms with Crippen molar-refractivity contribution in [3.63, 3.8) is 0 Å². The first-order valence-corrected chi connectivity index (χ1v) is 8.95. The van der Waals surface area contributed by atoms with E-state index in [1.165, 1.54) is 7.11 Å². The second-order valence-electron chi connectivity index (χ2n) is 6.20. The maximum absolute atomic E-state index is 11.8. The Morgan fingerprint density at radius 3 is 2.35 bits per heavy atom. The lowest BCUT2D eigenvalue weighted by Gasteiger charge is -2.22. The van der Waals surface area contributed by atoms with Gasteiger partial charge in [-0.15, -0.1) is 0 Å². The standard InChI is InChI=1S/C15H24N2O5S/c1-10(16-14(18)22-15(2,3)4)11-7-8-12(13(9-11)21-5)17-23(6,19)20/h7-10,17H,1-6H3,(H,16,18). The maximum atomic E-state index is 11.8. The van der Waals surface area contributed by atoms with Gasteiger partial charge in [-0.2, -0.15) is 0 Å². The summed E-state index contributed by atoms with van der Waals surface area (Å²) in [6, 6.07) is 4.63. The molecule has 0 spiro atoms. The molecule has 1 atom stereocenters. The summed E-state index contributed by atoms with van der Waals surface area (Å²) in [7, 11) is -1.96. The van der Waals surface area contributed by atoms with Crippen molar-refractivity contribution in [2.45, 2.75) is 39.3 Å². The van der Waals surface area contributed by atoms with Crippen LogP contribution in [0.2, 0.25) is 0 Å². The summed E-state index contributed by atoms with van der Waals surface area (Å²) in [6.45, 7) is 7.14. The summed E-state index contributed by atoms with van der Waals surface area (Å²) in [5.41, 5.74) is 0.514. The van der Waals surface area contributed by atoms with Crippen molar-refractivity contribution in [1.29, 1.82) is 0 Å². The first-order chi connectivity index (χ1) is 10.4. The lowest BCUT2D eigenvalue weighted by atomic mass is 10.1. The number of ether oxygens (including phenoxy) is 2. The van der Waals surface area contributed by atoms with Gasteiger partial charge in [-0.3, -0.25) is 4.72 Å². The van der Waals surface area contributed by atoms with Gasteiger partial charge in [-0.05, 0) is 45.4 Å². The molecular formula is C15H24N2O5S. The average molecular weight is 344 g/mol. The Labute approximate surface area is 137 Å². The summed E-state index contributed by atoms with van der Waals surface area (Å²) in [4.78, 5) is 11.8. The minimum absolute atomic E-state index is 0.328. The third kappa shape index (κ3) is 6.77. The van der Waals surface area contributed by atoms with Crippen LogP contribution in [0.5, 0.6) is 5.75 Å². The topological polar surface area (TPSA) is 93.7 Å². The molecule has 0 aromatic heterocycles. The molecule has 0 radical (unpaired) electrons. The fourth-order valence-corrected chi connectivity index (χ4v) is 2.40. The van der Waals surface area contributed by atoms with Crippen LogP contribution in [0.15, 0.2) is 18.2 Å². The number of methoxy groups -OCH3 is 1. The Morgan fingerprint density at radius 2 is 1.87 bits per heavy atom. The van der Waals surface area contributed by atoms with Crippen LogP contribution in [-0.4, -0.2) is 33.5 Å². The van der Waals surface area contributed by atoms with E-state index >= 15 is 0 Å². The van der Waals surface area contributed by atoms with Gasteiger partial charge in [-0.1, -0.05) is 6.07 Å². The number of hydrogen-bond donors (Lipinski definition) is 2. The van der Waals surface area contributed by atoms with Gasteiger partial charge in [0.25, 0.3) is 0 Å². The van der Waals surface area contributed by atoms with Gasteiger partial charge < -0.3 is 14.8 Å². The number of benzene rings is 1. The number of alkyl carbamates (subject to hydrolysis) is 1. The number of amides is 1. The molecular weight excluding hydrogens is 320 g/mol. The average Bonchev–Trinajstić information content (AvgIpc) is 2.34. The number of carbonyl (C=O) groups is 1. The molecule has 0 bridgehead atoms. The highest BCUT2D eigenvalue weighted by atomic mass is 32.2. The molecule has 0 aliphatic carbocycles. The fourth-order valence-electron chi connectivity index (χ4n) is 1.83. The van der Waals surface area contributed by atoms with Crippen LogP contribution in [0, 0.1) is 0 Å². The molecule has 0 saturated heterocycles. The van der Waals surface area contributed by atoms with Crippen LogP contribution in [0.3, 0.4) is 0 Å². The number of anilines is 1. The van der Waals surface area contributed by atoms with Crippen molar-refractivity contribution in [1.82, 2.24) is 5.32 Å². The predicted octanol–water partition coefficient (Wildman–Crippen LogP) is 2.65. The smallest absolute Gasteiger partial charge is 0.408 e. The molecule has 1 aromatic rings. The summed E-state index contributed by atoms with van der Waals surface area (Å²) >= 11 is 0. The number of hydrogen-bond acceptors (Lipinski definition) is 5. The van der Waals surface area contributed by atoms with Crippen molar-refractivity contribution in [2.75, 3.05) is 18.1 Å². The minimum atomic E-state index is -3.40. The Morgan fingerprint density at radius 1 is 1.26 bits per heavy atom.